The molecular formula is C13H14ClF2NO4. The van der Waals surface area contributed by atoms with Gasteiger partial charge in [0.15, 0.2) is 5.82 Å². The van der Waals surface area contributed by atoms with E-state index in [0.717, 1.165) is 0 Å². The molecular weight excluding hydrogens is 308 g/mol. The molecule has 0 aliphatic heterocycles. The van der Waals surface area contributed by atoms with E-state index in [4.69, 9.17) is 21.4 Å². The number of alkyl carbamates (subject to hydrolysis) is 1. The van der Waals surface area contributed by atoms with E-state index in [2.05, 4.69) is 5.32 Å². The van der Waals surface area contributed by atoms with Crippen LogP contribution in [0.1, 0.15) is 36.7 Å². The lowest BCUT2D eigenvalue weighted by Crippen LogP contribution is -2.32. The Balaban J connectivity index is 2.93. The molecule has 1 rings (SSSR count). The maximum Gasteiger partial charge on any atom is 0.407 e. The lowest BCUT2D eigenvalue weighted by atomic mass is 10.1. The fourth-order valence-corrected chi connectivity index (χ4v) is 1.68. The van der Waals surface area contributed by atoms with Gasteiger partial charge in [-0.3, -0.25) is 0 Å². The minimum atomic E-state index is -1.64. The molecule has 0 spiro atoms. The number of amides is 1. The Morgan fingerprint density at radius 1 is 1.38 bits per heavy atom. The van der Waals surface area contributed by atoms with Crippen LogP contribution in [0.3, 0.4) is 0 Å². The molecule has 8 heteroatoms. The molecule has 0 saturated heterocycles. The first kappa shape index (κ1) is 17.2. The molecule has 0 saturated carbocycles. The highest BCUT2D eigenvalue weighted by molar-refractivity contribution is 6.31. The Morgan fingerprint density at radius 3 is 2.43 bits per heavy atom. The molecule has 1 amide bonds. The molecule has 0 aliphatic carbocycles. The number of aromatic carboxylic acids is 1. The molecule has 0 aromatic heterocycles. The third-order valence-corrected chi connectivity index (χ3v) is 2.69. The monoisotopic (exact) mass is 321 g/mol. The molecule has 21 heavy (non-hydrogen) atoms. The molecule has 5 nitrogen and oxygen atoms in total. The fourth-order valence-electron chi connectivity index (χ4n) is 1.43. The zero-order chi connectivity index (χ0) is 16.4. The molecule has 1 aromatic rings. The molecule has 0 radical (unpaired) electrons. The molecule has 0 heterocycles. The molecule has 2 N–H and O–H groups in total. The van der Waals surface area contributed by atoms with E-state index in [-0.39, 0.29) is 5.56 Å². The minimum Gasteiger partial charge on any atom is -0.478 e. The molecule has 0 atom stereocenters. The van der Waals surface area contributed by atoms with Crippen LogP contribution in [0.4, 0.5) is 13.6 Å². The summed E-state index contributed by atoms with van der Waals surface area (Å²) in [6, 6.07) is 0.510. The molecule has 116 valence electrons. The van der Waals surface area contributed by atoms with Crippen molar-refractivity contribution in [3.63, 3.8) is 0 Å². The maximum absolute atomic E-state index is 13.7. The zero-order valence-electron chi connectivity index (χ0n) is 11.6. The van der Waals surface area contributed by atoms with Gasteiger partial charge in [0, 0.05) is 5.56 Å². The van der Waals surface area contributed by atoms with Crippen molar-refractivity contribution in [2.45, 2.75) is 32.9 Å². The first-order chi connectivity index (χ1) is 9.53. The van der Waals surface area contributed by atoms with Crippen LogP contribution in [0, 0.1) is 11.6 Å². The Hall–Kier alpha value is -1.89. The summed E-state index contributed by atoms with van der Waals surface area (Å²) in [5.74, 6) is -3.93. The highest BCUT2D eigenvalue weighted by atomic mass is 35.5. The highest BCUT2D eigenvalue weighted by Gasteiger charge is 2.22. The highest BCUT2D eigenvalue weighted by Crippen LogP contribution is 2.26. The fraction of sp³-hybridized carbons (Fsp3) is 0.385. The number of carbonyl (C=O) groups excluding carboxylic acids is 1. The number of nitrogens with one attached hydrogen (secondary N) is 1. The molecule has 0 unspecified atom stereocenters. The number of hydrogen-bond donors (Lipinski definition) is 2. The van der Waals surface area contributed by atoms with Crippen molar-refractivity contribution in [1.82, 2.24) is 5.32 Å². The van der Waals surface area contributed by atoms with Gasteiger partial charge in [0.05, 0.1) is 17.1 Å². The predicted octanol–water partition coefficient (Wildman–Crippen LogP) is 3.34. The van der Waals surface area contributed by atoms with Gasteiger partial charge in [-0.1, -0.05) is 11.6 Å². The Morgan fingerprint density at radius 2 is 1.95 bits per heavy atom. The van der Waals surface area contributed by atoms with E-state index in [0.29, 0.717) is 6.07 Å². The normalized spacial score (nSPS) is 11.1. The maximum atomic E-state index is 13.7. The van der Waals surface area contributed by atoms with E-state index in [1.54, 1.807) is 20.8 Å². The summed E-state index contributed by atoms with van der Waals surface area (Å²) in [5, 5.41) is 10.2. The third kappa shape index (κ3) is 4.56. The third-order valence-electron chi connectivity index (χ3n) is 2.29. The summed E-state index contributed by atoms with van der Waals surface area (Å²) in [6.45, 7) is 4.49. The van der Waals surface area contributed by atoms with Gasteiger partial charge in [0.2, 0.25) is 0 Å². The second-order valence-corrected chi connectivity index (χ2v) is 5.55. The second-order valence-electron chi connectivity index (χ2n) is 5.17. The van der Waals surface area contributed by atoms with Gasteiger partial charge < -0.3 is 15.2 Å². The standard InChI is InChI=1S/C13H14ClF2NO4/c1-13(2,3)21-12(20)17-5-7-8(15)4-6(11(18)19)10(16)9(7)14/h4H,5H2,1-3H3,(H,17,20)(H,18,19). The Bertz CT molecular complexity index is 585. The Kier molecular flexibility index (Phi) is 5.11. The molecule has 0 fully saturated rings. The average Bonchev–Trinajstić information content (AvgIpc) is 2.31. The summed E-state index contributed by atoms with van der Waals surface area (Å²) in [4.78, 5) is 22.1. The van der Waals surface area contributed by atoms with Crippen molar-refractivity contribution < 1.29 is 28.2 Å². The van der Waals surface area contributed by atoms with Gasteiger partial charge >= 0.3 is 12.1 Å². The number of carboxylic acids is 1. The molecule has 0 aliphatic rings. The molecule has 1 aromatic carbocycles. The van der Waals surface area contributed by atoms with Crippen molar-refractivity contribution in [2.75, 3.05) is 0 Å². The Labute approximate surface area is 124 Å². The number of benzene rings is 1. The average molecular weight is 322 g/mol. The summed E-state index contributed by atoms with van der Waals surface area (Å²) >= 11 is 5.59. The van der Waals surface area contributed by atoms with E-state index in [1.165, 1.54) is 0 Å². The number of hydrogen-bond acceptors (Lipinski definition) is 3. The lowest BCUT2D eigenvalue weighted by molar-refractivity contribution is 0.0522. The smallest absolute Gasteiger partial charge is 0.407 e. The second kappa shape index (κ2) is 6.26. The minimum absolute atomic E-state index is 0.356. The van der Waals surface area contributed by atoms with Crippen LogP contribution in [0.5, 0.6) is 0 Å². The van der Waals surface area contributed by atoms with Crippen LogP contribution in [-0.2, 0) is 11.3 Å². The summed E-state index contributed by atoms with van der Waals surface area (Å²) in [5.41, 5.74) is -1.98. The first-order valence-corrected chi connectivity index (χ1v) is 6.27. The topological polar surface area (TPSA) is 75.6 Å². The number of rotatable bonds is 3. The van der Waals surface area contributed by atoms with Crippen LogP contribution in [-0.4, -0.2) is 22.8 Å². The van der Waals surface area contributed by atoms with E-state index in [1.807, 2.05) is 0 Å². The van der Waals surface area contributed by atoms with Crippen LogP contribution >= 0.6 is 11.6 Å². The van der Waals surface area contributed by atoms with E-state index in [9.17, 15) is 18.4 Å². The van der Waals surface area contributed by atoms with Gasteiger partial charge in [0.1, 0.15) is 11.4 Å². The number of halogens is 3. The van der Waals surface area contributed by atoms with Gasteiger partial charge in [-0.25, -0.2) is 18.4 Å². The number of carboxylic acid groups (broad SMARTS) is 1. The predicted molar refractivity (Wildman–Crippen MR) is 71.4 cm³/mol. The van der Waals surface area contributed by atoms with Crippen molar-refractivity contribution >= 4 is 23.7 Å². The number of carbonyl (C=O) groups is 2. The first-order valence-electron chi connectivity index (χ1n) is 5.89. The van der Waals surface area contributed by atoms with Gasteiger partial charge in [-0.2, -0.15) is 0 Å². The van der Waals surface area contributed by atoms with Crippen LogP contribution < -0.4 is 5.32 Å². The van der Waals surface area contributed by atoms with Gasteiger partial charge in [-0.15, -0.1) is 0 Å². The van der Waals surface area contributed by atoms with Crippen LogP contribution in [0.2, 0.25) is 5.02 Å². The summed E-state index contributed by atoms with van der Waals surface area (Å²) in [6.07, 6.45) is -0.833. The molecule has 0 bridgehead atoms. The van der Waals surface area contributed by atoms with Crippen LogP contribution in [0.15, 0.2) is 6.07 Å². The van der Waals surface area contributed by atoms with E-state index >= 15 is 0 Å². The van der Waals surface area contributed by atoms with Crippen LogP contribution in [0.25, 0.3) is 0 Å². The SMILES string of the molecule is CC(C)(C)OC(=O)NCc1c(F)cc(C(=O)O)c(F)c1Cl. The lowest BCUT2D eigenvalue weighted by Gasteiger charge is -2.20. The largest absolute Gasteiger partial charge is 0.478 e. The zero-order valence-corrected chi connectivity index (χ0v) is 12.3. The summed E-state index contributed by atoms with van der Waals surface area (Å²) in [7, 11) is 0. The quantitative estimate of drug-likeness (QED) is 0.837. The van der Waals surface area contributed by atoms with Gasteiger partial charge in [-0.05, 0) is 26.8 Å². The van der Waals surface area contributed by atoms with Crippen molar-refractivity contribution in [1.29, 1.82) is 0 Å². The van der Waals surface area contributed by atoms with E-state index < -0.39 is 46.4 Å². The summed E-state index contributed by atoms with van der Waals surface area (Å²) < 4.78 is 32.3. The van der Waals surface area contributed by atoms with Crippen molar-refractivity contribution in [3.05, 3.63) is 33.9 Å². The van der Waals surface area contributed by atoms with Gasteiger partial charge in [0.25, 0.3) is 0 Å². The number of ether oxygens (including phenoxy) is 1. The van der Waals surface area contributed by atoms with Crippen molar-refractivity contribution in [2.24, 2.45) is 0 Å². The van der Waals surface area contributed by atoms with Crippen molar-refractivity contribution in [3.8, 4) is 0 Å².